The number of benzene rings is 1. The number of methoxy groups -OCH3 is 1. The van der Waals surface area contributed by atoms with E-state index in [4.69, 9.17) is 4.74 Å². The normalized spacial score (nSPS) is 15.3. The molecule has 0 atom stereocenters. The van der Waals surface area contributed by atoms with Crippen molar-refractivity contribution in [2.45, 2.75) is 32.0 Å². The van der Waals surface area contributed by atoms with Gasteiger partial charge in [-0.25, -0.2) is 0 Å². The molecule has 1 fully saturated rings. The van der Waals surface area contributed by atoms with Gasteiger partial charge in [0, 0.05) is 49.4 Å². The van der Waals surface area contributed by atoms with Gasteiger partial charge in [-0.3, -0.25) is 9.59 Å². The second kappa shape index (κ2) is 7.72. The molecule has 1 aromatic heterocycles. The fraction of sp³-hybridized carbons (Fsp3) is 0.474. The largest absolute Gasteiger partial charge is 0.454 e. The third-order valence-electron chi connectivity index (χ3n) is 4.82. The van der Waals surface area contributed by atoms with Crippen molar-refractivity contribution in [1.29, 1.82) is 0 Å². The van der Waals surface area contributed by atoms with Gasteiger partial charge >= 0.3 is 6.18 Å². The number of likely N-dealkylation sites (tertiary alicyclic amines) is 1. The molecule has 0 unspecified atom stereocenters. The summed E-state index contributed by atoms with van der Waals surface area (Å²) in [7, 11) is 1.48. The second-order valence-electron chi connectivity index (χ2n) is 6.61. The molecule has 0 bridgehead atoms. The molecule has 1 aliphatic rings. The van der Waals surface area contributed by atoms with E-state index in [0.717, 1.165) is 19.3 Å². The minimum Gasteiger partial charge on any atom is -0.383 e. The van der Waals surface area contributed by atoms with Gasteiger partial charge < -0.3 is 14.2 Å². The van der Waals surface area contributed by atoms with Crippen molar-refractivity contribution < 1.29 is 27.5 Å². The van der Waals surface area contributed by atoms with Gasteiger partial charge in [0.2, 0.25) is 0 Å². The third kappa shape index (κ3) is 3.85. The van der Waals surface area contributed by atoms with E-state index in [9.17, 15) is 22.8 Å². The molecule has 0 spiro atoms. The van der Waals surface area contributed by atoms with Crippen molar-refractivity contribution >= 4 is 22.6 Å². The van der Waals surface area contributed by atoms with Gasteiger partial charge in [0.05, 0.1) is 12.2 Å². The number of piperidine rings is 1. The van der Waals surface area contributed by atoms with Crippen LogP contribution >= 0.6 is 0 Å². The first kappa shape index (κ1) is 19.4. The molecule has 0 radical (unpaired) electrons. The Morgan fingerprint density at radius 2 is 1.81 bits per heavy atom. The Kier molecular flexibility index (Phi) is 5.55. The molecule has 3 rings (SSSR count). The monoisotopic (exact) mass is 382 g/mol. The zero-order valence-electron chi connectivity index (χ0n) is 15.0. The van der Waals surface area contributed by atoms with Crippen LogP contribution in [0.3, 0.4) is 0 Å². The van der Waals surface area contributed by atoms with Crippen LogP contribution in [-0.2, 0) is 11.3 Å². The number of halogens is 3. The molecule has 1 saturated heterocycles. The summed E-state index contributed by atoms with van der Waals surface area (Å²) in [4.78, 5) is 26.6. The molecule has 0 saturated carbocycles. The summed E-state index contributed by atoms with van der Waals surface area (Å²) in [5.41, 5.74) is 0.0650. The summed E-state index contributed by atoms with van der Waals surface area (Å²) in [6.07, 6.45) is -1.08. The van der Waals surface area contributed by atoms with Crippen molar-refractivity contribution in [3.8, 4) is 0 Å². The number of carbonyl (C=O) groups is 2. The molecule has 0 N–H and O–H groups in total. The Morgan fingerprint density at radius 3 is 2.44 bits per heavy atom. The third-order valence-corrected chi connectivity index (χ3v) is 4.82. The number of fused-ring (bicyclic) bond motifs is 1. The number of amides is 1. The van der Waals surface area contributed by atoms with E-state index in [1.807, 2.05) is 0 Å². The SMILES string of the molecule is COCCn1cc(C(=O)C(F)(F)F)c2c(C(=O)N3CCCCC3)cccc21. The number of carbonyl (C=O) groups excluding carboxylic acids is 2. The topological polar surface area (TPSA) is 51.5 Å². The predicted octanol–water partition coefficient (Wildman–Crippen LogP) is 3.66. The fourth-order valence-electron chi connectivity index (χ4n) is 3.50. The predicted molar refractivity (Wildman–Crippen MR) is 94.0 cm³/mol. The Balaban J connectivity index is 2.14. The average molecular weight is 382 g/mol. The fourth-order valence-corrected chi connectivity index (χ4v) is 3.50. The first-order valence-corrected chi connectivity index (χ1v) is 8.86. The van der Waals surface area contributed by atoms with E-state index in [1.54, 1.807) is 17.0 Å². The lowest BCUT2D eigenvalue weighted by molar-refractivity contribution is -0.0884. The molecule has 146 valence electrons. The maximum Gasteiger partial charge on any atom is 0.454 e. The standard InChI is InChI=1S/C19H21F3N2O3/c1-27-11-10-24-12-14(17(25)19(20,21)22)16-13(6-5-7-15(16)24)18(26)23-8-3-2-4-9-23/h5-7,12H,2-4,8-11H2,1H3. The number of ether oxygens (including phenoxy) is 1. The van der Waals surface area contributed by atoms with Gasteiger partial charge in [0.15, 0.2) is 0 Å². The van der Waals surface area contributed by atoms with E-state index < -0.39 is 17.5 Å². The van der Waals surface area contributed by atoms with Crippen molar-refractivity contribution in [3.63, 3.8) is 0 Å². The van der Waals surface area contributed by atoms with E-state index in [1.165, 1.54) is 23.9 Å². The number of rotatable bonds is 5. The number of hydrogen-bond acceptors (Lipinski definition) is 3. The quantitative estimate of drug-likeness (QED) is 0.742. The number of Topliss-reactive ketones (excluding diaryl/α,β-unsaturated/α-hetero) is 1. The van der Waals surface area contributed by atoms with Crippen LogP contribution in [0.15, 0.2) is 24.4 Å². The van der Waals surface area contributed by atoms with E-state index in [2.05, 4.69) is 0 Å². The Labute approximate surface area is 154 Å². The first-order chi connectivity index (χ1) is 12.8. The van der Waals surface area contributed by atoms with Crippen LogP contribution in [0, 0.1) is 0 Å². The number of alkyl halides is 3. The summed E-state index contributed by atoms with van der Waals surface area (Å²) in [5.74, 6) is -2.27. The van der Waals surface area contributed by atoms with Gasteiger partial charge in [-0.1, -0.05) is 6.07 Å². The number of nitrogens with zero attached hydrogens (tertiary/aromatic N) is 2. The summed E-state index contributed by atoms with van der Waals surface area (Å²) in [5, 5.41) is 0.0616. The molecule has 2 heterocycles. The molecular weight excluding hydrogens is 361 g/mol. The van der Waals surface area contributed by atoms with Crippen LogP contribution in [0.25, 0.3) is 10.9 Å². The Hall–Kier alpha value is -2.35. The summed E-state index contributed by atoms with van der Waals surface area (Å²) in [6.45, 7) is 1.69. The lowest BCUT2D eigenvalue weighted by atomic mass is 10.0. The highest BCUT2D eigenvalue weighted by Gasteiger charge is 2.41. The molecule has 1 amide bonds. The molecule has 1 aliphatic heterocycles. The maximum atomic E-state index is 13.1. The summed E-state index contributed by atoms with van der Waals surface area (Å²) in [6, 6.07) is 4.74. The second-order valence-corrected chi connectivity index (χ2v) is 6.61. The minimum absolute atomic E-state index is 0.0616. The van der Waals surface area contributed by atoms with Crippen LogP contribution in [0.1, 0.15) is 40.0 Å². The molecule has 8 heteroatoms. The molecule has 2 aromatic rings. The number of ketones is 1. The van der Waals surface area contributed by atoms with Crippen LogP contribution in [-0.4, -0.2) is 54.1 Å². The zero-order valence-corrected chi connectivity index (χ0v) is 15.0. The van der Waals surface area contributed by atoms with Crippen LogP contribution < -0.4 is 0 Å². The van der Waals surface area contributed by atoms with Crippen molar-refractivity contribution in [3.05, 3.63) is 35.5 Å². The minimum atomic E-state index is -5.01. The first-order valence-electron chi connectivity index (χ1n) is 8.86. The smallest absolute Gasteiger partial charge is 0.383 e. The van der Waals surface area contributed by atoms with Gasteiger partial charge in [0.25, 0.3) is 11.7 Å². The van der Waals surface area contributed by atoms with Gasteiger partial charge in [-0.2, -0.15) is 13.2 Å². The van der Waals surface area contributed by atoms with Gasteiger partial charge in [-0.05, 0) is 31.4 Å². The zero-order chi connectivity index (χ0) is 19.6. The summed E-state index contributed by atoms with van der Waals surface area (Å²) < 4.78 is 45.9. The molecule has 5 nitrogen and oxygen atoms in total. The van der Waals surface area contributed by atoms with Gasteiger partial charge in [0.1, 0.15) is 0 Å². The highest BCUT2D eigenvalue weighted by atomic mass is 19.4. The highest BCUT2D eigenvalue weighted by Crippen LogP contribution is 2.32. The lowest BCUT2D eigenvalue weighted by Gasteiger charge is -2.27. The summed E-state index contributed by atoms with van der Waals surface area (Å²) >= 11 is 0. The van der Waals surface area contributed by atoms with E-state index in [0.29, 0.717) is 18.6 Å². The highest BCUT2D eigenvalue weighted by molar-refractivity contribution is 6.17. The van der Waals surface area contributed by atoms with E-state index in [-0.39, 0.29) is 30.0 Å². The van der Waals surface area contributed by atoms with Crippen molar-refractivity contribution in [2.24, 2.45) is 0 Å². The molecular formula is C19H21F3N2O3. The molecule has 0 aliphatic carbocycles. The number of hydrogen-bond donors (Lipinski definition) is 0. The average Bonchev–Trinajstić information content (AvgIpc) is 3.03. The molecule has 1 aromatic carbocycles. The van der Waals surface area contributed by atoms with Crippen molar-refractivity contribution in [2.75, 3.05) is 26.8 Å². The van der Waals surface area contributed by atoms with Gasteiger partial charge in [-0.15, -0.1) is 0 Å². The van der Waals surface area contributed by atoms with Crippen LogP contribution in [0.4, 0.5) is 13.2 Å². The van der Waals surface area contributed by atoms with Crippen LogP contribution in [0.2, 0.25) is 0 Å². The number of aromatic nitrogens is 1. The van der Waals surface area contributed by atoms with Crippen LogP contribution in [0.5, 0.6) is 0 Å². The lowest BCUT2D eigenvalue weighted by Crippen LogP contribution is -2.35. The Bertz CT molecular complexity index is 852. The maximum absolute atomic E-state index is 13.1. The van der Waals surface area contributed by atoms with E-state index >= 15 is 0 Å². The Morgan fingerprint density at radius 1 is 1.11 bits per heavy atom. The van der Waals surface area contributed by atoms with Crippen molar-refractivity contribution in [1.82, 2.24) is 9.47 Å². The molecule has 27 heavy (non-hydrogen) atoms.